The lowest BCUT2D eigenvalue weighted by atomic mass is 9.87. The van der Waals surface area contributed by atoms with Gasteiger partial charge in [-0.15, -0.1) is 0 Å². The molecule has 28 heavy (non-hydrogen) atoms. The molecule has 2 heterocycles. The molecule has 5 nitrogen and oxygen atoms in total. The van der Waals surface area contributed by atoms with Crippen LogP contribution in [0.5, 0.6) is 0 Å². The second-order valence-corrected chi connectivity index (χ2v) is 7.75. The van der Waals surface area contributed by atoms with E-state index < -0.39 is 0 Å². The molecular formula is C23H24N4O. The standard InChI is InChI=1S/C23H24N4O/c28-23(19-6-8-21-22(16-19)25-10-9-24-21)27-13-11-26(12-14-27)20-7-5-17-3-1-2-4-18(17)15-20/h1-4,6,8-10,16,20H,5,7,11-15H2/t20-/m1/s1. The van der Waals surface area contributed by atoms with E-state index in [1.54, 1.807) is 12.4 Å². The van der Waals surface area contributed by atoms with Crippen LogP contribution in [-0.4, -0.2) is 57.9 Å². The van der Waals surface area contributed by atoms with Crippen LogP contribution in [0.4, 0.5) is 0 Å². The summed E-state index contributed by atoms with van der Waals surface area (Å²) in [5.41, 5.74) is 5.30. The van der Waals surface area contributed by atoms with Gasteiger partial charge in [0, 0.05) is 50.2 Å². The Morgan fingerprint density at radius 3 is 2.46 bits per heavy atom. The van der Waals surface area contributed by atoms with E-state index in [9.17, 15) is 4.79 Å². The van der Waals surface area contributed by atoms with Crippen molar-refractivity contribution < 1.29 is 4.79 Å². The van der Waals surface area contributed by atoms with Crippen LogP contribution in [0.15, 0.2) is 54.9 Å². The summed E-state index contributed by atoms with van der Waals surface area (Å²) < 4.78 is 0. The quantitative estimate of drug-likeness (QED) is 0.694. The average molecular weight is 372 g/mol. The smallest absolute Gasteiger partial charge is 0.254 e. The number of carbonyl (C=O) groups excluding carboxylic acids is 1. The fourth-order valence-electron chi connectivity index (χ4n) is 4.56. The minimum Gasteiger partial charge on any atom is -0.336 e. The van der Waals surface area contributed by atoms with Gasteiger partial charge in [0.15, 0.2) is 0 Å². The Morgan fingerprint density at radius 2 is 1.64 bits per heavy atom. The molecule has 1 amide bonds. The first kappa shape index (κ1) is 17.3. The van der Waals surface area contributed by atoms with Gasteiger partial charge in [-0.1, -0.05) is 24.3 Å². The number of amides is 1. The minimum atomic E-state index is 0.0983. The van der Waals surface area contributed by atoms with Crippen LogP contribution in [0, 0.1) is 0 Å². The first-order valence-corrected chi connectivity index (χ1v) is 10.1. The molecule has 2 aromatic carbocycles. The molecule has 0 unspecified atom stereocenters. The van der Waals surface area contributed by atoms with Crippen molar-refractivity contribution in [3.63, 3.8) is 0 Å². The molecule has 1 atom stereocenters. The summed E-state index contributed by atoms with van der Waals surface area (Å²) in [7, 11) is 0. The van der Waals surface area contributed by atoms with Crippen molar-refractivity contribution in [1.29, 1.82) is 0 Å². The number of piperazine rings is 1. The van der Waals surface area contributed by atoms with Crippen molar-refractivity contribution in [2.45, 2.75) is 25.3 Å². The van der Waals surface area contributed by atoms with Gasteiger partial charge in [-0.05, 0) is 48.6 Å². The monoisotopic (exact) mass is 372 g/mol. The van der Waals surface area contributed by atoms with Crippen LogP contribution in [0.2, 0.25) is 0 Å². The van der Waals surface area contributed by atoms with Crippen molar-refractivity contribution in [3.05, 3.63) is 71.5 Å². The Balaban J connectivity index is 1.23. The van der Waals surface area contributed by atoms with Gasteiger partial charge in [0.05, 0.1) is 11.0 Å². The highest BCUT2D eigenvalue weighted by atomic mass is 16.2. The summed E-state index contributed by atoms with van der Waals surface area (Å²) in [6.07, 6.45) is 6.85. The van der Waals surface area contributed by atoms with Crippen LogP contribution in [-0.2, 0) is 12.8 Å². The summed E-state index contributed by atoms with van der Waals surface area (Å²) in [5.74, 6) is 0.0983. The molecule has 2 aliphatic rings. The Hall–Kier alpha value is -2.79. The lowest BCUT2D eigenvalue weighted by Crippen LogP contribution is -2.53. The van der Waals surface area contributed by atoms with Crippen LogP contribution in [0.25, 0.3) is 11.0 Å². The van der Waals surface area contributed by atoms with E-state index in [-0.39, 0.29) is 5.91 Å². The topological polar surface area (TPSA) is 49.3 Å². The van der Waals surface area contributed by atoms with Crippen molar-refractivity contribution in [3.8, 4) is 0 Å². The van der Waals surface area contributed by atoms with Crippen molar-refractivity contribution in [2.24, 2.45) is 0 Å². The molecule has 5 heteroatoms. The SMILES string of the molecule is O=C(c1ccc2nccnc2c1)N1CCN([C@@H]2CCc3ccccc3C2)CC1. The molecular weight excluding hydrogens is 348 g/mol. The third-order valence-electron chi connectivity index (χ3n) is 6.15. The molecule has 1 fully saturated rings. The molecule has 0 N–H and O–H groups in total. The zero-order chi connectivity index (χ0) is 18.9. The lowest BCUT2D eigenvalue weighted by Gasteiger charge is -2.41. The zero-order valence-electron chi connectivity index (χ0n) is 15.9. The van der Waals surface area contributed by atoms with E-state index in [0.717, 1.165) is 50.1 Å². The highest BCUT2D eigenvalue weighted by Crippen LogP contribution is 2.25. The number of carbonyl (C=O) groups is 1. The molecule has 0 radical (unpaired) electrons. The van der Waals surface area contributed by atoms with Gasteiger partial charge in [-0.2, -0.15) is 0 Å². The van der Waals surface area contributed by atoms with Crippen molar-refractivity contribution in [2.75, 3.05) is 26.2 Å². The van der Waals surface area contributed by atoms with Crippen LogP contribution in [0.3, 0.4) is 0 Å². The highest BCUT2D eigenvalue weighted by Gasteiger charge is 2.29. The summed E-state index contributed by atoms with van der Waals surface area (Å²) in [6.45, 7) is 3.48. The minimum absolute atomic E-state index is 0.0983. The zero-order valence-corrected chi connectivity index (χ0v) is 15.9. The summed E-state index contributed by atoms with van der Waals surface area (Å²) in [5, 5.41) is 0. The third kappa shape index (κ3) is 3.27. The number of aryl methyl sites for hydroxylation is 1. The van der Waals surface area contributed by atoms with Gasteiger partial charge in [0.25, 0.3) is 5.91 Å². The van der Waals surface area contributed by atoms with E-state index in [4.69, 9.17) is 0 Å². The first-order valence-electron chi connectivity index (χ1n) is 10.1. The van der Waals surface area contributed by atoms with E-state index >= 15 is 0 Å². The number of hydrogen-bond acceptors (Lipinski definition) is 4. The fraction of sp³-hybridized carbons (Fsp3) is 0.348. The normalized spacial score (nSPS) is 20.1. The second kappa shape index (κ2) is 7.32. The third-order valence-corrected chi connectivity index (χ3v) is 6.15. The molecule has 142 valence electrons. The number of nitrogens with zero attached hydrogens (tertiary/aromatic N) is 4. The van der Waals surface area contributed by atoms with E-state index in [1.807, 2.05) is 23.1 Å². The predicted molar refractivity (Wildman–Crippen MR) is 109 cm³/mol. The van der Waals surface area contributed by atoms with E-state index in [2.05, 4.69) is 39.1 Å². The predicted octanol–water partition coefficient (Wildman–Crippen LogP) is 2.95. The van der Waals surface area contributed by atoms with Crippen LogP contribution in [0.1, 0.15) is 27.9 Å². The Labute approximate surface area is 165 Å². The summed E-state index contributed by atoms with van der Waals surface area (Å²) >= 11 is 0. The highest BCUT2D eigenvalue weighted by molar-refractivity contribution is 5.97. The number of fused-ring (bicyclic) bond motifs is 2. The summed E-state index contributed by atoms with van der Waals surface area (Å²) in [6, 6.07) is 15.0. The van der Waals surface area contributed by atoms with Gasteiger partial charge in [-0.3, -0.25) is 19.7 Å². The van der Waals surface area contributed by atoms with Gasteiger partial charge in [0.1, 0.15) is 0 Å². The fourth-order valence-corrected chi connectivity index (χ4v) is 4.56. The van der Waals surface area contributed by atoms with Crippen LogP contribution < -0.4 is 0 Å². The van der Waals surface area contributed by atoms with E-state index in [1.165, 1.54) is 17.5 Å². The van der Waals surface area contributed by atoms with Gasteiger partial charge in [-0.25, -0.2) is 0 Å². The average Bonchev–Trinajstić information content (AvgIpc) is 2.78. The molecule has 1 aliphatic heterocycles. The van der Waals surface area contributed by atoms with Crippen molar-refractivity contribution >= 4 is 16.9 Å². The van der Waals surface area contributed by atoms with Crippen LogP contribution >= 0.6 is 0 Å². The van der Waals surface area contributed by atoms with Gasteiger partial charge < -0.3 is 4.90 Å². The molecule has 1 aromatic heterocycles. The maximum atomic E-state index is 12.9. The summed E-state index contributed by atoms with van der Waals surface area (Å²) in [4.78, 5) is 26.1. The van der Waals surface area contributed by atoms with Gasteiger partial charge in [0.2, 0.25) is 0 Å². The Bertz CT molecular complexity index is 1010. The molecule has 3 aromatic rings. The lowest BCUT2D eigenvalue weighted by molar-refractivity contribution is 0.0553. The Kier molecular flexibility index (Phi) is 4.53. The molecule has 0 spiro atoms. The second-order valence-electron chi connectivity index (χ2n) is 7.75. The van der Waals surface area contributed by atoms with E-state index in [0.29, 0.717) is 11.6 Å². The molecule has 0 bridgehead atoms. The number of benzene rings is 2. The number of hydrogen-bond donors (Lipinski definition) is 0. The maximum Gasteiger partial charge on any atom is 0.254 e. The molecule has 1 aliphatic carbocycles. The largest absolute Gasteiger partial charge is 0.336 e. The number of aromatic nitrogens is 2. The Morgan fingerprint density at radius 1 is 0.893 bits per heavy atom. The molecule has 5 rings (SSSR count). The first-order chi connectivity index (χ1) is 13.8. The maximum absolute atomic E-state index is 12.9. The number of rotatable bonds is 2. The van der Waals surface area contributed by atoms with Crippen molar-refractivity contribution in [1.82, 2.24) is 19.8 Å². The molecule has 0 saturated carbocycles. The molecule has 1 saturated heterocycles. The van der Waals surface area contributed by atoms with Gasteiger partial charge >= 0.3 is 0 Å².